The summed E-state index contributed by atoms with van der Waals surface area (Å²) in [6.07, 6.45) is 2.68. The van der Waals surface area contributed by atoms with Gasteiger partial charge in [0, 0.05) is 18.8 Å². The number of hydrogen-bond acceptors (Lipinski definition) is 5. The van der Waals surface area contributed by atoms with Crippen molar-refractivity contribution in [2.75, 3.05) is 11.9 Å². The van der Waals surface area contributed by atoms with Gasteiger partial charge < -0.3 is 10.5 Å². The molecule has 0 radical (unpaired) electrons. The first-order valence-electron chi connectivity index (χ1n) is 10.0. The zero-order valence-electron chi connectivity index (χ0n) is 18.3. The number of para-hydroxylation sites is 1. The van der Waals surface area contributed by atoms with Crippen LogP contribution in [0.3, 0.4) is 0 Å². The largest absolute Gasteiger partial charge is 0.443 e. The van der Waals surface area contributed by atoms with Crippen LogP contribution in [0.2, 0.25) is 0 Å². The second kappa shape index (κ2) is 7.84. The summed E-state index contributed by atoms with van der Waals surface area (Å²) >= 11 is 0. The van der Waals surface area contributed by atoms with E-state index in [1.807, 2.05) is 42.6 Å². The van der Waals surface area contributed by atoms with E-state index in [-0.39, 0.29) is 5.56 Å². The molecule has 0 spiro atoms. The minimum absolute atomic E-state index is 0.244. The van der Waals surface area contributed by atoms with E-state index in [1.54, 1.807) is 44.6 Å². The predicted octanol–water partition coefficient (Wildman–Crippen LogP) is 3.66. The summed E-state index contributed by atoms with van der Waals surface area (Å²) in [7, 11) is 1.58. The molecule has 0 saturated carbocycles. The average Bonchev–Trinajstić information content (AvgIpc) is 3.39. The first kappa shape index (κ1) is 21.1. The fourth-order valence-corrected chi connectivity index (χ4v) is 3.27. The van der Waals surface area contributed by atoms with E-state index >= 15 is 0 Å². The summed E-state index contributed by atoms with van der Waals surface area (Å²) in [5, 5.41) is 8.93. The lowest BCUT2D eigenvalue weighted by Gasteiger charge is -2.25. The fraction of sp³-hybridized carbons (Fsp3) is 0.217. The van der Waals surface area contributed by atoms with Crippen molar-refractivity contribution in [2.24, 2.45) is 5.73 Å². The van der Waals surface area contributed by atoms with Crippen molar-refractivity contribution < 1.29 is 14.3 Å². The Balaban J connectivity index is 1.84. The van der Waals surface area contributed by atoms with Gasteiger partial charge in [-0.05, 0) is 51.1 Å². The molecule has 3 heterocycles. The summed E-state index contributed by atoms with van der Waals surface area (Å²) in [5.74, 6) is -0.202. The van der Waals surface area contributed by atoms with Crippen molar-refractivity contribution in [1.29, 1.82) is 0 Å². The van der Waals surface area contributed by atoms with Gasteiger partial charge in [-0.25, -0.2) is 14.0 Å². The first-order chi connectivity index (χ1) is 15.1. The van der Waals surface area contributed by atoms with E-state index in [2.05, 4.69) is 10.2 Å². The molecule has 0 aliphatic carbocycles. The molecule has 9 heteroatoms. The molecule has 2 N–H and O–H groups in total. The van der Waals surface area contributed by atoms with Crippen LogP contribution in [0.25, 0.3) is 22.5 Å². The lowest BCUT2D eigenvalue weighted by atomic mass is 10.1. The van der Waals surface area contributed by atoms with Crippen LogP contribution in [-0.2, 0) is 4.74 Å². The highest BCUT2D eigenvalue weighted by molar-refractivity contribution is 6.01. The third kappa shape index (κ3) is 4.04. The number of amides is 2. The number of nitrogens with zero attached hydrogens (tertiary/aromatic N) is 5. The summed E-state index contributed by atoms with van der Waals surface area (Å²) in [5.41, 5.74) is 7.85. The number of hydrogen-bond donors (Lipinski definition) is 1. The van der Waals surface area contributed by atoms with Gasteiger partial charge in [-0.1, -0.05) is 18.2 Å². The number of nitrogens with two attached hydrogens (primary N) is 1. The molecular formula is C23H24N6O3. The maximum Gasteiger partial charge on any atom is 0.415 e. The van der Waals surface area contributed by atoms with Gasteiger partial charge in [0.15, 0.2) is 0 Å². The average molecular weight is 432 g/mol. The van der Waals surface area contributed by atoms with Crippen LogP contribution in [0.4, 0.5) is 10.6 Å². The SMILES string of the molecule is CN(C(=O)OC(C)(C)C)c1cc(-c2ccn(-c3ccccc3)n2)cc2c(C(N)=O)cnn12. The van der Waals surface area contributed by atoms with Crippen molar-refractivity contribution in [2.45, 2.75) is 26.4 Å². The monoisotopic (exact) mass is 432 g/mol. The molecule has 1 aromatic carbocycles. The highest BCUT2D eigenvalue weighted by atomic mass is 16.6. The second-order valence-electron chi connectivity index (χ2n) is 8.34. The van der Waals surface area contributed by atoms with Crippen molar-refractivity contribution >= 4 is 23.3 Å². The Morgan fingerprint density at radius 3 is 2.47 bits per heavy atom. The zero-order chi connectivity index (χ0) is 23.0. The van der Waals surface area contributed by atoms with Crippen LogP contribution in [0.15, 0.2) is 60.9 Å². The molecule has 0 unspecified atom stereocenters. The maximum absolute atomic E-state index is 12.7. The molecule has 0 fully saturated rings. The zero-order valence-corrected chi connectivity index (χ0v) is 18.3. The van der Waals surface area contributed by atoms with Gasteiger partial charge in [-0.2, -0.15) is 10.2 Å². The van der Waals surface area contributed by atoms with Gasteiger partial charge in [0.25, 0.3) is 5.91 Å². The quantitative estimate of drug-likeness (QED) is 0.529. The number of carbonyl (C=O) groups excluding carboxylic acids is 2. The molecule has 9 nitrogen and oxygen atoms in total. The van der Waals surface area contributed by atoms with Gasteiger partial charge >= 0.3 is 6.09 Å². The van der Waals surface area contributed by atoms with Crippen LogP contribution < -0.4 is 10.6 Å². The number of rotatable bonds is 4. The lowest BCUT2D eigenvalue weighted by Crippen LogP contribution is -2.35. The summed E-state index contributed by atoms with van der Waals surface area (Å²) in [4.78, 5) is 26.0. The van der Waals surface area contributed by atoms with E-state index in [1.165, 1.54) is 15.6 Å². The predicted molar refractivity (Wildman–Crippen MR) is 121 cm³/mol. The number of pyridine rings is 1. The molecule has 0 aliphatic heterocycles. The topological polar surface area (TPSA) is 108 Å². The minimum Gasteiger partial charge on any atom is -0.443 e. The highest BCUT2D eigenvalue weighted by Crippen LogP contribution is 2.28. The number of anilines is 1. The van der Waals surface area contributed by atoms with Gasteiger partial charge in [0.05, 0.1) is 28.7 Å². The van der Waals surface area contributed by atoms with E-state index < -0.39 is 17.6 Å². The third-order valence-corrected chi connectivity index (χ3v) is 4.78. The Bertz CT molecular complexity index is 1300. The molecule has 4 aromatic rings. The molecule has 32 heavy (non-hydrogen) atoms. The molecular weight excluding hydrogens is 408 g/mol. The molecule has 0 atom stereocenters. The molecule has 164 valence electrons. The van der Waals surface area contributed by atoms with Gasteiger partial charge in [0.1, 0.15) is 11.4 Å². The number of ether oxygens (including phenoxy) is 1. The molecule has 0 saturated heterocycles. The Labute approximate surface area is 185 Å². The van der Waals surface area contributed by atoms with Crippen LogP contribution in [0.5, 0.6) is 0 Å². The van der Waals surface area contributed by atoms with E-state index in [0.717, 1.165) is 5.69 Å². The Kier molecular flexibility index (Phi) is 5.17. The normalized spacial score (nSPS) is 11.5. The van der Waals surface area contributed by atoms with Crippen molar-refractivity contribution in [3.63, 3.8) is 0 Å². The van der Waals surface area contributed by atoms with Crippen LogP contribution in [0, 0.1) is 0 Å². The standard InChI is InChI=1S/C23H24N6O3/c1-23(2,3)32-22(31)27(4)20-13-15(12-19-17(21(24)30)14-25-29(19)20)18-10-11-28(26-18)16-8-6-5-7-9-16/h5-14H,1-4H3,(H2,24,30). The minimum atomic E-state index is -0.668. The van der Waals surface area contributed by atoms with Crippen molar-refractivity contribution in [1.82, 2.24) is 19.4 Å². The summed E-state index contributed by atoms with van der Waals surface area (Å²) in [6.45, 7) is 5.38. The maximum atomic E-state index is 12.7. The highest BCUT2D eigenvalue weighted by Gasteiger charge is 2.24. The molecule has 4 rings (SSSR count). The number of aromatic nitrogens is 4. The van der Waals surface area contributed by atoms with E-state index in [4.69, 9.17) is 10.5 Å². The number of primary amides is 1. The van der Waals surface area contributed by atoms with Gasteiger partial charge in [-0.15, -0.1) is 0 Å². The van der Waals surface area contributed by atoms with E-state index in [9.17, 15) is 9.59 Å². The number of fused-ring (bicyclic) bond motifs is 1. The lowest BCUT2D eigenvalue weighted by molar-refractivity contribution is 0.0587. The Hall–Kier alpha value is -4.14. The van der Waals surface area contributed by atoms with Crippen LogP contribution >= 0.6 is 0 Å². The third-order valence-electron chi connectivity index (χ3n) is 4.78. The second-order valence-corrected chi connectivity index (χ2v) is 8.34. The smallest absolute Gasteiger partial charge is 0.415 e. The molecule has 2 amide bonds. The molecule has 0 bridgehead atoms. The Morgan fingerprint density at radius 2 is 1.81 bits per heavy atom. The molecule has 3 aromatic heterocycles. The summed E-state index contributed by atoms with van der Waals surface area (Å²) < 4.78 is 8.74. The van der Waals surface area contributed by atoms with Crippen molar-refractivity contribution in [3.8, 4) is 16.9 Å². The first-order valence-corrected chi connectivity index (χ1v) is 10.0. The Morgan fingerprint density at radius 1 is 1.09 bits per heavy atom. The van der Waals surface area contributed by atoms with Gasteiger partial charge in [-0.3, -0.25) is 9.69 Å². The van der Waals surface area contributed by atoms with Crippen LogP contribution in [0.1, 0.15) is 31.1 Å². The van der Waals surface area contributed by atoms with Crippen LogP contribution in [-0.4, -0.2) is 44.0 Å². The van der Waals surface area contributed by atoms with Crippen molar-refractivity contribution in [3.05, 3.63) is 66.5 Å². The summed E-state index contributed by atoms with van der Waals surface area (Å²) in [6, 6.07) is 15.1. The molecule has 0 aliphatic rings. The fourth-order valence-electron chi connectivity index (χ4n) is 3.27. The van der Waals surface area contributed by atoms with E-state index in [0.29, 0.717) is 22.6 Å². The number of carbonyl (C=O) groups is 2. The number of benzene rings is 1. The van der Waals surface area contributed by atoms with Gasteiger partial charge in [0.2, 0.25) is 0 Å².